The fraction of sp³-hybridized carbons (Fsp3) is 0.211. The number of hydrogen-bond acceptors (Lipinski definition) is 5. The molecule has 2 heterocycles. The van der Waals surface area contributed by atoms with Gasteiger partial charge < -0.3 is 14.8 Å². The molecule has 0 spiro atoms. The van der Waals surface area contributed by atoms with Crippen molar-refractivity contribution in [2.24, 2.45) is 0 Å². The second-order valence-electron chi connectivity index (χ2n) is 5.62. The molecule has 0 bridgehead atoms. The molecule has 134 valence electrons. The molecule has 2 aromatic heterocycles. The summed E-state index contributed by atoms with van der Waals surface area (Å²) in [7, 11) is 1.61. The Morgan fingerprint density at radius 3 is 2.88 bits per heavy atom. The number of hydrogen-bond donors (Lipinski definition) is 1. The molecule has 26 heavy (non-hydrogen) atoms. The highest BCUT2D eigenvalue weighted by molar-refractivity contribution is 5.95. The van der Waals surface area contributed by atoms with E-state index in [4.69, 9.17) is 9.47 Å². The monoisotopic (exact) mass is 352 g/mol. The van der Waals surface area contributed by atoms with Crippen molar-refractivity contribution < 1.29 is 14.3 Å². The molecule has 7 nitrogen and oxygen atoms in total. The van der Waals surface area contributed by atoms with E-state index in [0.29, 0.717) is 18.1 Å². The van der Waals surface area contributed by atoms with Crippen LogP contribution in [0.1, 0.15) is 12.5 Å². The zero-order valence-corrected chi connectivity index (χ0v) is 14.6. The first-order valence-corrected chi connectivity index (χ1v) is 8.18. The Balaban J connectivity index is 1.63. The molecule has 0 fully saturated rings. The molecule has 1 amide bonds. The van der Waals surface area contributed by atoms with Crippen LogP contribution < -0.4 is 10.1 Å². The molecule has 0 radical (unpaired) electrons. The summed E-state index contributed by atoms with van der Waals surface area (Å²) >= 11 is 0. The number of anilines is 1. The largest absolute Gasteiger partial charge is 0.497 e. The van der Waals surface area contributed by atoms with Gasteiger partial charge in [-0.3, -0.25) is 4.79 Å². The lowest BCUT2D eigenvalue weighted by Crippen LogP contribution is -2.28. The molecule has 1 unspecified atom stereocenters. The quantitative estimate of drug-likeness (QED) is 0.707. The predicted molar refractivity (Wildman–Crippen MR) is 97.2 cm³/mol. The van der Waals surface area contributed by atoms with Crippen molar-refractivity contribution in [2.75, 3.05) is 12.4 Å². The Hall–Kier alpha value is -3.19. The van der Waals surface area contributed by atoms with Crippen LogP contribution >= 0.6 is 0 Å². The van der Waals surface area contributed by atoms with Crippen LogP contribution in [0.2, 0.25) is 0 Å². The third-order valence-electron chi connectivity index (χ3n) is 3.77. The number of nitrogens with zero attached hydrogens (tertiary/aromatic N) is 3. The molecular weight excluding hydrogens is 332 g/mol. The number of aromatic nitrogens is 3. The van der Waals surface area contributed by atoms with Gasteiger partial charge in [-0.2, -0.15) is 5.10 Å². The molecule has 7 heteroatoms. The third-order valence-corrected chi connectivity index (χ3v) is 3.77. The van der Waals surface area contributed by atoms with Crippen molar-refractivity contribution in [1.82, 2.24) is 14.8 Å². The summed E-state index contributed by atoms with van der Waals surface area (Å²) in [6, 6.07) is 12.9. The van der Waals surface area contributed by atoms with Crippen molar-refractivity contribution in [3.05, 3.63) is 66.6 Å². The van der Waals surface area contributed by atoms with Crippen LogP contribution in [0.3, 0.4) is 0 Å². The summed E-state index contributed by atoms with van der Waals surface area (Å²) in [5.74, 6) is 1.04. The van der Waals surface area contributed by atoms with Crippen LogP contribution in [0.5, 0.6) is 5.75 Å². The van der Waals surface area contributed by atoms with Crippen LogP contribution in [0.25, 0.3) is 5.82 Å². The van der Waals surface area contributed by atoms with Crippen LogP contribution in [0.4, 0.5) is 5.69 Å². The van der Waals surface area contributed by atoms with Crippen molar-refractivity contribution in [2.45, 2.75) is 19.6 Å². The molecule has 0 saturated heterocycles. The average molecular weight is 352 g/mol. The van der Waals surface area contributed by atoms with E-state index in [1.165, 1.54) is 0 Å². The minimum Gasteiger partial charge on any atom is -0.497 e. The van der Waals surface area contributed by atoms with Gasteiger partial charge in [0.25, 0.3) is 5.91 Å². The van der Waals surface area contributed by atoms with Crippen molar-refractivity contribution in [3.63, 3.8) is 0 Å². The number of benzene rings is 1. The lowest BCUT2D eigenvalue weighted by atomic mass is 10.2. The lowest BCUT2D eigenvalue weighted by molar-refractivity contribution is -0.127. The Morgan fingerprint density at radius 1 is 1.23 bits per heavy atom. The van der Waals surface area contributed by atoms with Gasteiger partial charge in [0.15, 0.2) is 5.82 Å². The Morgan fingerprint density at radius 2 is 2.12 bits per heavy atom. The van der Waals surface area contributed by atoms with Crippen molar-refractivity contribution in [1.29, 1.82) is 0 Å². The van der Waals surface area contributed by atoms with E-state index < -0.39 is 6.10 Å². The topological polar surface area (TPSA) is 78.3 Å². The third kappa shape index (κ3) is 4.25. The number of rotatable bonds is 7. The number of carbonyl (C=O) groups is 1. The highest BCUT2D eigenvalue weighted by Gasteiger charge is 2.16. The molecule has 0 saturated carbocycles. The number of methoxy groups -OCH3 is 1. The minimum absolute atomic E-state index is 0.255. The van der Waals surface area contributed by atoms with Gasteiger partial charge in [-0.15, -0.1) is 0 Å². The molecule has 0 aliphatic carbocycles. The second-order valence-corrected chi connectivity index (χ2v) is 5.62. The minimum atomic E-state index is -0.633. The molecular formula is C19H20N4O3. The zero-order chi connectivity index (χ0) is 18.4. The summed E-state index contributed by atoms with van der Waals surface area (Å²) in [5.41, 5.74) is 1.50. The molecule has 1 atom stereocenters. The SMILES string of the molecule is COc1cccc(COC(C)C(=O)Nc2cccnc2-n2cccn2)c1. The standard InChI is InChI=1S/C19H20N4O3/c1-14(26-13-15-6-3-7-16(12-15)25-2)19(24)22-17-8-4-9-20-18(17)23-11-5-10-21-23/h3-12,14H,13H2,1-2H3,(H,22,24). The van der Waals surface area contributed by atoms with Crippen molar-refractivity contribution >= 4 is 11.6 Å². The van der Waals surface area contributed by atoms with Gasteiger partial charge in [-0.25, -0.2) is 9.67 Å². The van der Waals surface area contributed by atoms with E-state index in [9.17, 15) is 4.79 Å². The maximum Gasteiger partial charge on any atom is 0.253 e. The molecule has 3 aromatic rings. The van der Waals surface area contributed by atoms with E-state index >= 15 is 0 Å². The molecule has 1 N–H and O–H groups in total. The van der Waals surface area contributed by atoms with Crippen LogP contribution in [-0.4, -0.2) is 33.9 Å². The molecule has 3 rings (SSSR count). The zero-order valence-electron chi connectivity index (χ0n) is 14.6. The summed E-state index contributed by atoms with van der Waals surface area (Å²) in [5, 5.41) is 7.00. The summed E-state index contributed by atoms with van der Waals surface area (Å²) in [6.45, 7) is 2.02. The summed E-state index contributed by atoms with van der Waals surface area (Å²) < 4.78 is 12.5. The van der Waals surface area contributed by atoms with Gasteiger partial charge in [-0.1, -0.05) is 12.1 Å². The highest BCUT2D eigenvalue weighted by atomic mass is 16.5. The van der Waals surface area contributed by atoms with Gasteiger partial charge >= 0.3 is 0 Å². The Kier molecular flexibility index (Phi) is 5.60. The number of carbonyl (C=O) groups excluding carboxylic acids is 1. The van der Waals surface area contributed by atoms with Crippen LogP contribution in [0, 0.1) is 0 Å². The first kappa shape index (κ1) is 17.6. The second kappa shape index (κ2) is 8.26. The molecule has 0 aliphatic heterocycles. The summed E-state index contributed by atoms with van der Waals surface area (Å²) in [6.07, 6.45) is 4.43. The number of ether oxygens (including phenoxy) is 2. The van der Waals surface area contributed by atoms with E-state index in [2.05, 4.69) is 15.4 Å². The van der Waals surface area contributed by atoms with Crippen molar-refractivity contribution in [3.8, 4) is 11.6 Å². The van der Waals surface area contributed by atoms with Gasteiger partial charge in [0.2, 0.25) is 0 Å². The maximum atomic E-state index is 12.5. The van der Waals surface area contributed by atoms with E-state index in [1.807, 2.05) is 24.3 Å². The Bertz CT molecular complexity index is 865. The van der Waals surface area contributed by atoms with Crippen LogP contribution in [0.15, 0.2) is 61.1 Å². The normalized spacial score (nSPS) is 11.8. The maximum absolute atomic E-state index is 12.5. The smallest absolute Gasteiger partial charge is 0.253 e. The van der Waals surface area contributed by atoms with Gasteiger partial charge in [0.1, 0.15) is 11.9 Å². The lowest BCUT2D eigenvalue weighted by Gasteiger charge is -2.15. The van der Waals surface area contributed by atoms with E-state index in [0.717, 1.165) is 11.3 Å². The molecule has 0 aliphatic rings. The average Bonchev–Trinajstić information content (AvgIpc) is 3.21. The van der Waals surface area contributed by atoms with Gasteiger partial charge in [0.05, 0.1) is 19.4 Å². The predicted octanol–water partition coefficient (Wildman–Crippen LogP) is 2.82. The fourth-order valence-corrected chi connectivity index (χ4v) is 2.36. The van der Waals surface area contributed by atoms with Gasteiger partial charge in [-0.05, 0) is 42.8 Å². The van der Waals surface area contributed by atoms with E-state index in [1.54, 1.807) is 55.5 Å². The Labute approximate surface area is 151 Å². The van der Waals surface area contributed by atoms with E-state index in [-0.39, 0.29) is 5.91 Å². The highest BCUT2D eigenvalue weighted by Crippen LogP contribution is 2.17. The first-order chi connectivity index (χ1) is 12.7. The number of pyridine rings is 1. The van der Waals surface area contributed by atoms with Crippen LogP contribution in [-0.2, 0) is 16.1 Å². The number of nitrogens with one attached hydrogen (secondary N) is 1. The molecule has 1 aromatic carbocycles. The number of amides is 1. The summed E-state index contributed by atoms with van der Waals surface area (Å²) in [4.78, 5) is 16.7. The fourth-order valence-electron chi connectivity index (χ4n) is 2.36. The van der Waals surface area contributed by atoms with Gasteiger partial charge in [0, 0.05) is 18.6 Å². The first-order valence-electron chi connectivity index (χ1n) is 8.18.